The molecule has 2 fully saturated rings. The number of carbonyl (C=O) groups is 2. The van der Waals surface area contributed by atoms with Crippen molar-refractivity contribution in [2.45, 2.75) is 45.2 Å². The van der Waals surface area contributed by atoms with Crippen LogP contribution in [0.15, 0.2) is 0 Å². The molecule has 0 saturated heterocycles. The Morgan fingerprint density at radius 3 is 2.47 bits per heavy atom. The summed E-state index contributed by atoms with van der Waals surface area (Å²) in [6.45, 7) is 3.94. The molecule has 5 nitrogen and oxygen atoms in total. The molecule has 2 rings (SSSR count). The van der Waals surface area contributed by atoms with E-state index in [1.807, 2.05) is 13.8 Å². The minimum atomic E-state index is -0.109. The van der Waals surface area contributed by atoms with E-state index in [1.54, 1.807) is 7.05 Å². The zero-order chi connectivity index (χ0) is 14.2. The van der Waals surface area contributed by atoms with Gasteiger partial charge in [0.1, 0.15) is 0 Å². The van der Waals surface area contributed by atoms with E-state index in [9.17, 15) is 9.59 Å². The third kappa shape index (κ3) is 2.91. The first kappa shape index (κ1) is 14.3. The fraction of sp³-hybridized carbons (Fsp3) is 0.857. The van der Waals surface area contributed by atoms with Gasteiger partial charge in [-0.1, -0.05) is 0 Å². The van der Waals surface area contributed by atoms with Gasteiger partial charge in [0.15, 0.2) is 0 Å². The van der Waals surface area contributed by atoms with Crippen molar-refractivity contribution in [1.29, 1.82) is 0 Å². The van der Waals surface area contributed by atoms with Gasteiger partial charge in [0.25, 0.3) is 0 Å². The molecule has 0 aromatic heterocycles. The molecule has 0 aromatic rings. The van der Waals surface area contributed by atoms with Crippen LogP contribution in [0.1, 0.15) is 33.1 Å². The monoisotopic (exact) mass is 267 g/mol. The molecule has 0 heterocycles. The number of amides is 2. The second kappa shape index (κ2) is 5.49. The third-order valence-electron chi connectivity index (χ3n) is 4.47. The lowest BCUT2D eigenvalue weighted by Crippen LogP contribution is -2.48. The molecule has 2 amide bonds. The average Bonchev–Trinajstić information content (AvgIpc) is 2.87. The van der Waals surface area contributed by atoms with E-state index >= 15 is 0 Å². The molecule has 2 aliphatic carbocycles. The SMILES string of the molecule is CC(C)NC(=O)CN(C)C(=O)C1C2CCC(C2)C1N. The Labute approximate surface area is 114 Å². The Morgan fingerprint density at radius 1 is 1.32 bits per heavy atom. The van der Waals surface area contributed by atoms with Gasteiger partial charge < -0.3 is 16.0 Å². The number of carbonyl (C=O) groups excluding carboxylic acids is 2. The lowest BCUT2D eigenvalue weighted by molar-refractivity contribution is -0.140. The van der Waals surface area contributed by atoms with E-state index in [2.05, 4.69) is 5.32 Å². The molecule has 4 unspecified atom stereocenters. The Bertz CT molecular complexity index is 368. The van der Waals surface area contributed by atoms with Crippen LogP contribution in [-0.4, -0.2) is 42.4 Å². The van der Waals surface area contributed by atoms with Crippen LogP contribution in [0.4, 0.5) is 0 Å². The molecular formula is C14H25N3O2. The number of nitrogens with one attached hydrogen (secondary N) is 1. The van der Waals surface area contributed by atoms with Crippen molar-refractivity contribution in [2.75, 3.05) is 13.6 Å². The van der Waals surface area contributed by atoms with E-state index < -0.39 is 0 Å². The molecule has 5 heteroatoms. The summed E-state index contributed by atoms with van der Waals surface area (Å²) in [5, 5.41) is 2.80. The van der Waals surface area contributed by atoms with Crippen LogP contribution in [0, 0.1) is 17.8 Å². The standard InChI is InChI=1S/C14H25N3O2/c1-8(2)16-11(18)7-17(3)14(19)12-9-4-5-10(6-9)13(12)15/h8-10,12-13H,4-7,15H2,1-3H3,(H,16,18). The Kier molecular flexibility index (Phi) is 4.13. The van der Waals surface area contributed by atoms with Gasteiger partial charge in [-0.25, -0.2) is 0 Å². The van der Waals surface area contributed by atoms with Crippen molar-refractivity contribution in [3.05, 3.63) is 0 Å². The summed E-state index contributed by atoms with van der Waals surface area (Å²) >= 11 is 0. The third-order valence-corrected chi connectivity index (χ3v) is 4.47. The van der Waals surface area contributed by atoms with E-state index in [0.717, 1.165) is 19.3 Å². The van der Waals surface area contributed by atoms with E-state index in [-0.39, 0.29) is 36.4 Å². The van der Waals surface area contributed by atoms with Crippen LogP contribution in [0.5, 0.6) is 0 Å². The van der Waals surface area contributed by atoms with Crippen LogP contribution >= 0.6 is 0 Å². The molecule has 0 aromatic carbocycles. The summed E-state index contributed by atoms with van der Waals surface area (Å²) < 4.78 is 0. The van der Waals surface area contributed by atoms with Gasteiger partial charge in [0, 0.05) is 19.1 Å². The van der Waals surface area contributed by atoms with E-state index in [0.29, 0.717) is 11.8 Å². The zero-order valence-electron chi connectivity index (χ0n) is 12.1. The second-order valence-corrected chi connectivity index (χ2v) is 6.35. The number of hydrogen-bond acceptors (Lipinski definition) is 3. The van der Waals surface area contributed by atoms with Crippen LogP contribution in [0.25, 0.3) is 0 Å². The van der Waals surface area contributed by atoms with Crippen LogP contribution in [0.3, 0.4) is 0 Å². The highest BCUT2D eigenvalue weighted by atomic mass is 16.2. The van der Waals surface area contributed by atoms with Gasteiger partial charge >= 0.3 is 0 Å². The van der Waals surface area contributed by atoms with Gasteiger partial charge in [-0.2, -0.15) is 0 Å². The van der Waals surface area contributed by atoms with Crippen molar-refractivity contribution in [2.24, 2.45) is 23.5 Å². The molecule has 0 aliphatic heterocycles. The molecule has 2 bridgehead atoms. The quantitative estimate of drug-likeness (QED) is 0.771. The lowest BCUT2D eigenvalue weighted by atomic mass is 9.84. The first-order valence-electron chi connectivity index (χ1n) is 7.20. The largest absolute Gasteiger partial charge is 0.352 e. The molecule has 4 atom stereocenters. The van der Waals surface area contributed by atoms with Gasteiger partial charge in [0.2, 0.25) is 11.8 Å². The Balaban J connectivity index is 1.91. The summed E-state index contributed by atoms with van der Waals surface area (Å²) in [5.74, 6) is 0.803. The summed E-state index contributed by atoms with van der Waals surface area (Å²) in [4.78, 5) is 25.7. The fourth-order valence-electron chi connectivity index (χ4n) is 3.62. The summed E-state index contributed by atoms with van der Waals surface area (Å²) in [6.07, 6.45) is 3.36. The molecule has 3 N–H and O–H groups in total. The van der Waals surface area contributed by atoms with Crippen molar-refractivity contribution >= 4 is 11.8 Å². The van der Waals surface area contributed by atoms with Gasteiger partial charge in [-0.3, -0.25) is 9.59 Å². The smallest absolute Gasteiger partial charge is 0.239 e. The maximum Gasteiger partial charge on any atom is 0.239 e. The summed E-state index contributed by atoms with van der Waals surface area (Å²) in [5.41, 5.74) is 6.17. The van der Waals surface area contributed by atoms with Gasteiger partial charge in [-0.15, -0.1) is 0 Å². The Morgan fingerprint density at radius 2 is 1.95 bits per heavy atom. The molecule has 108 valence electrons. The van der Waals surface area contributed by atoms with Gasteiger partial charge in [-0.05, 0) is 44.9 Å². The highest BCUT2D eigenvalue weighted by Crippen LogP contribution is 2.48. The van der Waals surface area contributed by atoms with Gasteiger partial charge in [0.05, 0.1) is 12.5 Å². The topological polar surface area (TPSA) is 75.4 Å². The lowest BCUT2D eigenvalue weighted by Gasteiger charge is -2.30. The maximum absolute atomic E-state index is 12.4. The molecule has 19 heavy (non-hydrogen) atoms. The minimum absolute atomic E-state index is 0.0122. The van der Waals surface area contributed by atoms with Crippen molar-refractivity contribution < 1.29 is 9.59 Å². The second-order valence-electron chi connectivity index (χ2n) is 6.35. The first-order valence-corrected chi connectivity index (χ1v) is 7.20. The maximum atomic E-state index is 12.4. The molecule has 0 spiro atoms. The normalized spacial score (nSPS) is 32.7. The zero-order valence-corrected chi connectivity index (χ0v) is 12.1. The van der Waals surface area contributed by atoms with Crippen molar-refractivity contribution in [1.82, 2.24) is 10.2 Å². The molecule has 2 saturated carbocycles. The van der Waals surface area contributed by atoms with Crippen molar-refractivity contribution in [3.8, 4) is 0 Å². The van der Waals surface area contributed by atoms with Crippen molar-refractivity contribution in [3.63, 3.8) is 0 Å². The van der Waals surface area contributed by atoms with Crippen LogP contribution in [-0.2, 0) is 9.59 Å². The minimum Gasteiger partial charge on any atom is -0.352 e. The Hall–Kier alpha value is -1.10. The number of hydrogen-bond donors (Lipinski definition) is 2. The number of nitrogens with two attached hydrogens (primary N) is 1. The number of likely N-dealkylation sites (N-methyl/N-ethyl adjacent to an activating group) is 1. The molecular weight excluding hydrogens is 242 g/mol. The molecule has 2 aliphatic rings. The van der Waals surface area contributed by atoms with Crippen LogP contribution < -0.4 is 11.1 Å². The predicted octanol–water partition coefficient (Wildman–Crippen LogP) is 0.343. The highest BCUT2D eigenvalue weighted by Gasteiger charge is 2.49. The highest BCUT2D eigenvalue weighted by molar-refractivity contribution is 5.86. The average molecular weight is 267 g/mol. The van der Waals surface area contributed by atoms with Crippen LogP contribution in [0.2, 0.25) is 0 Å². The number of fused-ring (bicyclic) bond motifs is 2. The summed E-state index contributed by atoms with van der Waals surface area (Å²) in [7, 11) is 1.70. The molecule has 0 radical (unpaired) electrons. The predicted molar refractivity (Wildman–Crippen MR) is 73.2 cm³/mol. The summed E-state index contributed by atoms with van der Waals surface area (Å²) in [6, 6.07) is 0.0858. The van der Waals surface area contributed by atoms with E-state index in [4.69, 9.17) is 5.73 Å². The van der Waals surface area contributed by atoms with E-state index in [1.165, 1.54) is 4.90 Å². The number of nitrogens with zero attached hydrogens (tertiary/aromatic N) is 1. The fourth-order valence-corrected chi connectivity index (χ4v) is 3.62. The first-order chi connectivity index (χ1) is 8.90. The number of rotatable bonds is 4.